The van der Waals surface area contributed by atoms with Gasteiger partial charge in [-0.2, -0.15) is 0 Å². The Kier molecular flexibility index (Phi) is 3.94. The maximum Gasteiger partial charge on any atom is 0.129 e. The lowest BCUT2D eigenvalue weighted by molar-refractivity contribution is 0.389. The number of nitrogens with one attached hydrogen (secondary N) is 2. The largest absolute Gasteiger partial charge is 0.315 e. The average Bonchev–Trinajstić information content (AvgIpc) is 2.30. The summed E-state index contributed by atoms with van der Waals surface area (Å²) >= 11 is 5.72. The molecule has 15 heavy (non-hydrogen) atoms. The number of piperidine rings is 1. The molecule has 1 fully saturated rings. The molecule has 0 spiro atoms. The Morgan fingerprint density at radius 2 is 2.47 bits per heavy atom. The van der Waals surface area contributed by atoms with Gasteiger partial charge in [0.2, 0.25) is 0 Å². The second-order valence-electron chi connectivity index (χ2n) is 3.91. The first kappa shape index (κ1) is 10.9. The molecule has 1 aromatic rings. The first-order chi connectivity index (χ1) is 7.34. The van der Waals surface area contributed by atoms with E-state index in [1.165, 1.54) is 18.4 Å². The monoisotopic (exact) mass is 225 g/mol. The minimum atomic E-state index is 0.554. The van der Waals surface area contributed by atoms with Crippen molar-refractivity contribution < 1.29 is 0 Å². The van der Waals surface area contributed by atoms with Crippen LogP contribution in [0.1, 0.15) is 18.4 Å². The van der Waals surface area contributed by atoms with E-state index in [0.29, 0.717) is 11.2 Å². The Morgan fingerprint density at radius 1 is 1.53 bits per heavy atom. The number of halogens is 1. The van der Waals surface area contributed by atoms with Gasteiger partial charge in [0.15, 0.2) is 0 Å². The molecule has 1 unspecified atom stereocenters. The molecule has 82 valence electrons. The van der Waals surface area contributed by atoms with Crippen molar-refractivity contribution in [3.63, 3.8) is 0 Å². The van der Waals surface area contributed by atoms with E-state index in [9.17, 15) is 0 Å². The summed E-state index contributed by atoms with van der Waals surface area (Å²) < 4.78 is 0. The molecule has 0 aromatic carbocycles. The van der Waals surface area contributed by atoms with Crippen LogP contribution >= 0.6 is 11.6 Å². The maximum atomic E-state index is 5.72. The van der Waals surface area contributed by atoms with Gasteiger partial charge in [-0.25, -0.2) is 4.98 Å². The third-order valence-electron chi connectivity index (χ3n) is 2.68. The Labute approximate surface area is 95.2 Å². The summed E-state index contributed by atoms with van der Waals surface area (Å²) in [5.41, 5.74) is 1.19. The second kappa shape index (κ2) is 5.45. The van der Waals surface area contributed by atoms with Gasteiger partial charge in [0, 0.05) is 25.3 Å². The summed E-state index contributed by atoms with van der Waals surface area (Å²) in [6, 6.07) is 4.44. The molecule has 1 saturated heterocycles. The minimum absolute atomic E-state index is 0.554. The van der Waals surface area contributed by atoms with Crippen LogP contribution in [0.15, 0.2) is 18.3 Å². The lowest BCUT2D eigenvalue weighted by Crippen LogP contribution is -2.42. The van der Waals surface area contributed by atoms with Crippen LogP contribution in [0.3, 0.4) is 0 Å². The molecule has 0 aliphatic carbocycles. The van der Waals surface area contributed by atoms with Crippen LogP contribution in [0.25, 0.3) is 0 Å². The number of pyridine rings is 1. The van der Waals surface area contributed by atoms with Crippen molar-refractivity contribution in [1.29, 1.82) is 0 Å². The Morgan fingerprint density at radius 3 is 3.13 bits per heavy atom. The average molecular weight is 226 g/mol. The summed E-state index contributed by atoms with van der Waals surface area (Å²) in [5.74, 6) is 0. The van der Waals surface area contributed by atoms with Gasteiger partial charge in [0.1, 0.15) is 5.15 Å². The van der Waals surface area contributed by atoms with Crippen LogP contribution in [0, 0.1) is 0 Å². The van der Waals surface area contributed by atoms with Crippen molar-refractivity contribution in [1.82, 2.24) is 15.6 Å². The lowest BCUT2D eigenvalue weighted by Gasteiger charge is -2.23. The normalized spacial score (nSPS) is 21.5. The standard InChI is InChI=1S/C11H16ClN3/c12-11-4-3-9(7-15-11)6-14-10-2-1-5-13-8-10/h3-4,7,10,13-14H,1-2,5-6,8H2. The number of hydrogen-bond donors (Lipinski definition) is 2. The Bertz CT molecular complexity index is 293. The van der Waals surface area contributed by atoms with Gasteiger partial charge in [-0.1, -0.05) is 17.7 Å². The molecule has 2 N–H and O–H groups in total. The molecule has 1 aliphatic heterocycles. The molecule has 4 heteroatoms. The van der Waals surface area contributed by atoms with E-state index >= 15 is 0 Å². The van der Waals surface area contributed by atoms with E-state index in [1.54, 1.807) is 0 Å². The van der Waals surface area contributed by atoms with Gasteiger partial charge in [-0.05, 0) is 31.0 Å². The van der Waals surface area contributed by atoms with E-state index in [1.807, 2.05) is 18.3 Å². The third-order valence-corrected chi connectivity index (χ3v) is 2.90. The molecule has 1 aromatic heterocycles. The highest BCUT2D eigenvalue weighted by Gasteiger charge is 2.11. The van der Waals surface area contributed by atoms with Crippen LogP contribution < -0.4 is 10.6 Å². The van der Waals surface area contributed by atoms with Crippen LogP contribution in [0.4, 0.5) is 0 Å². The number of rotatable bonds is 3. The highest BCUT2D eigenvalue weighted by Crippen LogP contribution is 2.06. The van der Waals surface area contributed by atoms with E-state index in [4.69, 9.17) is 11.6 Å². The molecule has 0 radical (unpaired) electrons. The smallest absolute Gasteiger partial charge is 0.129 e. The minimum Gasteiger partial charge on any atom is -0.315 e. The van der Waals surface area contributed by atoms with Crippen LogP contribution in [0.5, 0.6) is 0 Å². The van der Waals surface area contributed by atoms with Crippen molar-refractivity contribution in [2.24, 2.45) is 0 Å². The molecule has 0 amide bonds. The van der Waals surface area contributed by atoms with Crippen molar-refractivity contribution in [2.45, 2.75) is 25.4 Å². The molecular formula is C11H16ClN3. The van der Waals surface area contributed by atoms with Gasteiger partial charge in [0.05, 0.1) is 0 Å². The Balaban J connectivity index is 1.79. The SMILES string of the molecule is Clc1ccc(CNC2CCCNC2)cn1. The van der Waals surface area contributed by atoms with Crippen molar-refractivity contribution >= 4 is 11.6 Å². The van der Waals surface area contributed by atoms with Crippen LogP contribution in [-0.2, 0) is 6.54 Å². The molecule has 0 bridgehead atoms. The summed E-state index contributed by atoms with van der Waals surface area (Å²) in [6.45, 7) is 3.10. The molecule has 3 nitrogen and oxygen atoms in total. The van der Waals surface area contributed by atoms with Crippen molar-refractivity contribution in [3.05, 3.63) is 29.0 Å². The third kappa shape index (κ3) is 3.45. The zero-order chi connectivity index (χ0) is 10.5. The summed E-state index contributed by atoms with van der Waals surface area (Å²) in [6.07, 6.45) is 4.34. The highest BCUT2D eigenvalue weighted by molar-refractivity contribution is 6.29. The number of hydrogen-bond acceptors (Lipinski definition) is 3. The highest BCUT2D eigenvalue weighted by atomic mass is 35.5. The molecule has 0 saturated carbocycles. The van der Waals surface area contributed by atoms with Gasteiger partial charge in [-0.3, -0.25) is 0 Å². The first-order valence-electron chi connectivity index (χ1n) is 5.39. The van der Waals surface area contributed by atoms with Crippen molar-refractivity contribution in [2.75, 3.05) is 13.1 Å². The Hall–Kier alpha value is -0.640. The predicted molar refractivity (Wildman–Crippen MR) is 62.0 cm³/mol. The molecular weight excluding hydrogens is 210 g/mol. The quantitative estimate of drug-likeness (QED) is 0.767. The van der Waals surface area contributed by atoms with Gasteiger partial charge in [0.25, 0.3) is 0 Å². The fourth-order valence-corrected chi connectivity index (χ4v) is 1.91. The summed E-state index contributed by atoms with van der Waals surface area (Å²) in [5, 5.41) is 7.45. The zero-order valence-electron chi connectivity index (χ0n) is 8.67. The first-order valence-corrected chi connectivity index (χ1v) is 5.77. The molecule has 1 atom stereocenters. The van der Waals surface area contributed by atoms with E-state index < -0.39 is 0 Å². The topological polar surface area (TPSA) is 37.0 Å². The van der Waals surface area contributed by atoms with Gasteiger partial charge < -0.3 is 10.6 Å². The maximum absolute atomic E-state index is 5.72. The lowest BCUT2D eigenvalue weighted by atomic mass is 10.1. The number of nitrogens with zero attached hydrogens (tertiary/aromatic N) is 1. The molecule has 2 rings (SSSR count). The van der Waals surface area contributed by atoms with E-state index in [-0.39, 0.29) is 0 Å². The fraction of sp³-hybridized carbons (Fsp3) is 0.545. The van der Waals surface area contributed by atoms with Gasteiger partial charge in [-0.15, -0.1) is 0 Å². The van der Waals surface area contributed by atoms with Gasteiger partial charge >= 0.3 is 0 Å². The molecule has 1 aliphatic rings. The second-order valence-corrected chi connectivity index (χ2v) is 4.30. The zero-order valence-corrected chi connectivity index (χ0v) is 9.43. The van der Waals surface area contributed by atoms with Crippen LogP contribution in [0.2, 0.25) is 5.15 Å². The summed E-state index contributed by atoms with van der Waals surface area (Å²) in [4.78, 5) is 4.05. The fourth-order valence-electron chi connectivity index (χ4n) is 1.80. The van der Waals surface area contributed by atoms with Crippen molar-refractivity contribution in [3.8, 4) is 0 Å². The van der Waals surface area contributed by atoms with E-state index in [2.05, 4.69) is 15.6 Å². The summed E-state index contributed by atoms with van der Waals surface area (Å²) in [7, 11) is 0. The van der Waals surface area contributed by atoms with E-state index in [0.717, 1.165) is 19.6 Å². The van der Waals surface area contributed by atoms with Crippen LogP contribution in [-0.4, -0.2) is 24.1 Å². The number of aromatic nitrogens is 1. The molecule has 2 heterocycles. The predicted octanol–water partition coefficient (Wildman–Crippen LogP) is 1.58.